The maximum absolute atomic E-state index is 13.9. The summed E-state index contributed by atoms with van der Waals surface area (Å²) in [5.74, 6) is 2.17. The van der Waals surface area contributed by atoms with Gasteiger partial charge in [-0.1, -0.05) is 39.0 Å². The molecule has 2 saturated heterocycles. The SMILES string of the molecule is COC(=O)N[C@H](C(=O)N1C(c2nc3ccc4cc5c(cc4c3[nH]2)OCc2cc(-c3cnc([C@@H]4C[C@H](C)CN4C(=O)O)[nH]3)ccc2-5)CC[C@@H]1C)C(C)C. The largest absolute Gasteiger partial charge is 0.488 e. The maximum atomic E-state index is 13.9. The van der Waals surface area contributed by atoms with Gasteiger partial charge in [-0.15, -0.1) is 0 Å². The van der Waals surface area contributed by atoms with Crippen LogP contribution in [0.25, 0.3) is 44.2 Å². The predicted molar refractivity (Wildman–Crippen MR) is 195 cm³/mol. The minimum Gasteiger partial charge on any atom is -0.488 e. The Balaban J connectivity index is 1.08. The van der Waals surface area contributed by atoms with Crippen molar-refractivity contribution in [1.29, 1.82) is 0 Å². The highest BCUT2D eigenvalue weighted by Gasteiger charge is 2.41. The zero-order valence-electron chi connectivity index (χ0n) is 29.9. The number of aromatic amines is 2. The van der Waals surface area contributed by atoms with Gasteiger partial charge in [-0.3, -0.25) is 9.69 Å². The van der Waals surface area contributed by atoms with Crippen LogP contribution in [-0.2, 0) is 16.1 Å². The summed E-state index contributed by atoms with van der Waals surface area (Å²) in [5, 5.41) is 14.4. The fraction of sp³-hybridized carbons (Fsp3) is 0.410. The normalized spacial score (nSPS) is 21.7. The van der Waals surface area contributed by atoms with E-state index >= 15 is 0 Å². The van der Waals surface area contributed by atoms with Crippen LogP contribution in [0.3, 0.4) is 0 Å². The number of alkyl carbamates (subject to hydrolysis) is 1. The Labute approximate surface area is 300 Å². The van der Waals surface area contributed by atoms with Crippen molar-refractivity contribution in [3.8, 4) is 28.1 Å². The number of methoxy groups -OCH3 is 1. The van der Waals surface area contributed by atoms with Crippen molar-refractivity contribution >= 4 is 39.9 Å². The first-order valence-corrected chi connectivity index (χ1v) is 17.9. The lowest BCUT2D eigenvalue weighted by molar-refractivity contribution is -0.137. The Kier molecular flexibility index (Phi) is 8.31. The molecule has 0 aliphatic carbocycles. The van der Waals surface area contributed by atoms with Crippen molar-refractivity contribution < 1.29 is 29.0 Å². The molecule has 13 nitrogen and oxygen atoms in total. The zero-order chi connectivity index (χ0) is 36.4. The molecule has 0 radical (unpaired) electrons. The highest BCUT2D eigenvalue weighted by atomic mass is 16.5. The van der Waals surface area contributed by atoms with Gasteiger partial charge in [0.25, 0.3) is 0 Å². The second kappa shape index (κ2) is 12.9. The molecule has 5 heterocycles. The number of carboxylic acid groups (broad SMARTS) is 1. The number of hydrogen-bond donors (Lipinski definition) is 4. The van der Waals surface area contributed by atoms with E-state index < -0.39 is 18.2 Å². The third-order valence-corrected chi connectivity index (χ3v) is 11.0. The molecule has 0 spiro atoms. The molecule has 3 aromatic carbocycles. The van der Waals surface area contributed by atoms with Gasteiger partial charge >= 0.3 is 12.2 Å². The van der Waals surface area contributed by atoms with E-state index in [9.17, 15) is 19.5 Å². The number of hydrogen-bond acceptors (Lipinski definition) is 7. The van der Waals surface area contributed by atoms with Gasteiger partial charge in [0.1, 0.15) is 30.0 Å². The molecule has 3 amide bonds. The molecule has 3 aliphatic heterocycles. The fourth-order valence-corrected chi connectivity index (χ4v) is 8.29. The van der Waals surface area contributed by atoms with Crippen LogP contribution in [0, 0.1) is 11.8 Å². The summed E-state index contributed by atoms with van der Waals surface area (Å²) >= 11 is 0. The van der Waals surface area contributed by atoms with Crippen LogP contribution in [-0.4, -0.2) is 78.7 Å². The van der Waals surface area contributed by atoms with E-state index in [4.69, 9.17) is 14.5 Å². The molecule has 2 fully saturated rings. The van der Waals surface area contributed by atoms with Crippen LogP contribution in [0.2, 0.25) is 0 Å². The number of carbonyl (C=O) groups excluding carboxylic acids is 2. The minimum atomic E-state index is -0.925. The van der Waals surface area contributed by atoms with E-state index in [-0.39, 0.29) is 35.9 Å². The van der Waals surface area contributed by atoms with Crippen molar-refractivity contribution in [3.05, 3.63) is 65.9 Å². The topological polar surface area (TPSA) is 166 Å². The number of H-pyrrole nitrogens is 2. The van der Waals surface area contributed by atoms with Crippen LogP contribution in [0.15, 0.2) is 48.7 Å². The Morgan fingerprint density at radius 1 is 1.02 bits per heavy atom. The lowest BCUT2D eigenvalue weighted by Gasteiger charge is -2.32. The summed E-state index contributed by atoms with van der Waals surface area (Å²) in [5.41, 5.74) is 6.62. The van der Waals surface area contributed by atoms with Crippen LogP contribution in [0.5, 0.6) is 5.75 Å². The molecular formula is C39H43N7O6. The molecule has 8 rings (SSSR count). The summed E-state index contributed by atoms with van der Waals surface area (Å²) in [7, 11) is 1.29. The van der Waals surface area contributed by atoms with Crippen molar-refractivity contribution in [1.82, 2.24) is 35.1 Å². The van der Waals surface area contributed by atoms with Gasteiger partial charge < -0.3 is 34.8 Å². The minimum absolute atomic E-state index is 0.0158. The quantitative estimate of drug-likeness (QED) is 0.144. The number of likely N-dealkylation sites (tertiary alicyclic amines) is 2. The highest BCUT2D eigenvalue weighted by Crippen LogP contribution is 2.44. The van der Waals surface area contributed by atoms with E-state index in [1.54, 1.807) is 6.20 Å². The molecule has 5 aromatic rings. The van der Waals surface area contributed by atoms with E-state index in [0.29, 0.717) is 19.0 Å². The van der Waals surface area contributed by atoms with Crippen LogP contribution >= 0.6 is 0 Å². The number of rotatable bonds is 6. The van der Waals surface area contributed by atoms with Crippen LogP contribution in [0.1, 0.15) is 76.3 Å². The van der Waals surface area contributed by atoms with Gasteiger partial charge in [0.05, 0.1) is 42.1 Å². The third kappa shape index (κ3) is 5.68. The van der Waals surface area contributed by atoms with E-state index in [1.807, 2.05) is 31.7 Å². The number of ether oxygens (including phenoxy) is 2. The van der Waals surface area contributed by atoms with Gasteiger partial charge in [-0.25, -0.2) is 19.6 Å². The molecule has 52 heavy (non-hydrogen) atoms. The molecule has 270 valence electrons. The molecule has 2 aromatic heterocycles. The Morgan fingerprint density at radius 2 is 1.85 bits per heavy atom. The first-order chi connectivity index (χ1) is 25.0. The molecule has 13 heteroatoms. The summed E-state index contributed by atoms with van der Waals surface area (Å²) in [4.78, 5) is 57.7. The van der Waals surface area contributed by atoms with Gasteiger partial charge in [0.2, 0.25) is 5.91 Å². The standard InChI is InChI=1S/C39H43N7O6/c1-19(2)33(44-38(48)51-5)37(47)46-21(4)6-11-30(46)36-41-28-10-8-22-14-27-25-9-7-23(13-24(25)18-52-32(27)15-26(22)34(28)43-36)29-16-40-35(42-29)31-12-20(3)17-45(31)39(49)50/h7-10,13-16,19-21,30-31,33H,6,11-12,17-18H2,1-5H3,(H,40,42)(H,41,43)(H,44,48)(H,49,50)/t20-,21-,30?,31-,33-/m0/s1. The van der Waals surface area contributed by atoms with Crippen molar-refractivity contribution in [3.63, 3.8) is 0 Å². The molecule has 5 atom stereocenters. The van der Waals surface area contributed by atoms with Crippen molar-refractivity contribution in [2.75, 3.05) is 13.7 Å². The van der Waals surface area contributed by atoms with Gasteiger partial charge in [0, 0.05) is 23.5 Å². The number of nitrogens with one attached hydrogen (secondary N) is 3. The van der Waals surface area contributed by atoms with E-state index in [1.165, 1.54) is 12.0 Å². The smallest absolute Gasteiger partial charge is 0.407 e. The summed E-state index contributed by atoms with van der Waals surface area (Å²) in [6, 6.07) is 13.3. The number of benzene rings is 3. The number of imidazole rings is 2. The molecule has 1 unspecified atom stereocenters. The van der Waals surface area contributed by atoms with E-state index in [2.05, 4.69) is 63.6 Å². The number of aromatic nitrogens is 4. The van der Waals surface area contributed by atoms with Crippen molar-refractivity contribution in [2.24, 2.45) is 11.8 Å². The lowest BCUT2D eigenvalue weighted by atomic mass is 9.92. The van der Waals surface area contributed by atoms with Gasteiger partial charge in [-0.05, 0) is 84.4 Å². The Hall–Kier alpha value is -5.59. The molecule has 0 saturated carbocycles. The molecule has 4 N–H and O–H groups in total. The van der Waals surface area contributed by atoms with Gasteiger partial charge in [0.15, 0.2) is 0 Å². The Morgan fingerprint density at radius 3 is 2.62 bits per heavy atom. The first-order valence-electron chi connectivity index (χ1n) is 17.9. The Bertz CT molecular complexity index is 2230. The maximum Gasteiger partial charge on any atom is 0.407 e. The molecule has 3 aliphatic rings. The second-order valence-corrected chi connectivity index (χ2v) is 14.8. The summed E-state index contributed by atoms with van der Waals surface area (Å²) < 4.78 is 11.2. The fourth-order valence-electron chi connectivity index (χ4n) is 8.29. The number of carbonyl (C=O) groups is 3. The summed E-state index contributed by atoms with van der Waals surface area (Å²) in [6.07, 6.45) is 2.54. The average Bonchev–Trinajstić information content (AvgIpc) is 3.94. The van der Waals surface area contributed by atoms with Crippen molar-refractivity contribution in [2.45, 2.75) is 77.7 Å². The third-order valence-electron chi connectivity index (χ3n) is 11.0. The average molecular weight is 706 g/mol. The zero-order valence-corrected chi connectivity index (χ0v) is 29.9. The monoisotopic (exact) mass is 705 g/mol. The first kappa shape index (κ1) is 33.5. The van der Waals surface area contributed by atoms with Gasteiger partial charge in [-0.2, -0.15) is 0 Å². The van der Waals surface area contributed by atoms with E-state index in [0.717, 1.165) is 80.6 Å². The summed E-state index contributed by atoms with van der Waals surface area (Å²) in [6.45, 7) is 8.81. The molecular weight excluding hydrogens is 662 g/mol. The number of nitrogens with zero attached hydrogens (tertiary/aromatic N) is 4. The van der Waals surface area contributed by atoms with Crippen LogP contribution in [0.4, 0.5) is 9.59 Å². The number of amides is 3. The lowest BCUT2D eigenvalue weighted by Crippen LogP contribution is -2.52. The second-order valence-electron chi connectivity index (χ2n) is 14.8. The predicted octanol–water partition coefficient (Wildman–Crippen LogP) is 7.16. The highest BCUT2D eigenvalue weighted by molar-refractivity contribution is 6.07. The van der Waals surface area contributed by atoms with Crippen LogP contribution < -0.4 is 10.1 Å². The number of fused-ring (bicyclic) bond motifs is 6. The molecule has 0 bridgehead atoms.